The van der Waals surface area contributed by atoms with E-state index in [2.05, 4.69) is 373 Å². The van der Waals surface area contributed by atoms with Crippen LogP contribution in [0.2, 0.25) is 0 Å². The van der Waals surface area contributed by atoms with Gasteiger partial charge in [-0.25, -0.2) is 0 Å². The minimum absolute atomic E-state index is 0.199. The summed E-state index contributed by atoms with van der Waals surface area (Å²) in [5, 5.41) is 11.9. The van der Waals surface area contributed by atoms with Crippen molar-refractivity contribution >= 4 is 122 Å². The first-order valence-electron chi connectivity index (χ1n) is 35.2. The van der Waals surface area contributed by atoms with Gasteiger partial charge >= 0.3 is 0 Å². The van der Waals surface area contributed by atoms with Gasteiger partial charge in [-0.15, -0.1) is 0 Å². The minimum Gasteiger partial charge on any atom is -0.454 e. The molecular formula is C96H71BN2O. The van der Waals surface area contributed by atoms with Gasteiger partial charge in [0.25, 0.3) is 6.71 Å². The number of anilines is 6. The number of fused-ring (bicyclic) bond motifs is 14. The summed E-state index contributed by atoms with van der Waals surface area (Å²) in [6, 6.07) is 121. The third-order valence-electron chi connectivity index (χ3n) is 21.5. The molecular weight excluding hydrogens is 1210 g/mol. The molecule has 1 aromatic heterocycles. The lowest BCUT2D eigenvalue weighted by Crippen LogP contribution is -2.61. The number of benzene rings is 16. The zero-order valence-electron chi connectivity index (χ0n) is 57.0. The lowest BCUT2D eigenvalue weighted by atomic mass is 9.33. The lowest BCUT2D eigenvalue weighted by molar-refractivity contribution is 0.590. The molecule has 3 heterocycles. The van der Waals surface area contributed by atoms with Gasteiger partial charge in [-0.2, -0.15) is 0 Å². The zero-order chi connectivity index (χ0) is 67.1. The third kappa shape index (κ3) is 9.41. The van der Waals surface area contributed by atoms with E-state index < -0.39 is 0 Å². The van der Waals surface area contributed by atoms with Crippen LogP contribution in [0.1, 0.15) is 52.7 Å². The third-order valence-corrected chi connectivity index (χ3v) is 21.5. The molecule has 0 amide bonds. The van der Waals surface area contributed by atoms with E-state index in [0.29, 0.717) is 0 Å². The van der Waals surface area contributed by atoms with Gasteiger partial charge in [-0.05, 0) is 187 Å². The highest BCUT2D eigenvalue weighted by Crippen LogP contribution is 2.57. The average molecular weight is 1280 g/mol. The summed E-state index contributed by atoms with van der Waals surface area (Å²) in [5.41, 5.74) is 27.7. The molecule has 474 valence electrons. The van der Waals surface area contributed by atoms with Crippen molar-refractivity contribution in [3.05, 3.63) is 333 Å². The molecule has 0 spiro atoms. The van der Waals surface area contributed by atoms with E-state index in [1.54, 1.807) is 0 Å². The second-order valence-corrected chi connectivity index (χ2v) is 29.5. The quantitative estimate of drug-likeness (QED) is 0.112. The topological polar surface area (TPSA) is 19.6 Å². The van der Waals surface area contributed by atoms with Crippen molar-refractivity contribution in [2.24, 2.45) is 0 Å². The Balaban J connectivity index is 1.03. The maximum atomic E-state index is 7.73. The van der Waals surface area contributed by atoms with E-state index >= 15 is 0 Å². The number of nitrogens with zero attached hydrogens (tertiary/aromatic N) is 2. The van der Waals surface area contributed by atoms with Gasteiger partial charge in [0.15, 0.2) is 5.58 Å². The van der Waals surface area contributed by atoms with Crippen LogP contribution in [0.5, 0.6) is 0 Å². The SMILES string of the molecule is CC(C)(C)c1cc(-c2ccccc2)c(N2c3ccc(-c4cc5ccccc5c5ccccc45)cc3B3c4cc(-c5cc6ccccc6c6ccccc56)ccc4N(c4c(-c5ccccc5)cc(C(C)(C)C)cc4-c4ccccc4)c4c3c2cc2c4oc3ccccc32)c(-c2ccccc2)c1. The number of hydrogen-bond donors (Lipinski definition) is 0. The van der Waals surface area contributed by atoms with Crippen LogP contribution in [0.25, 0.3) is 132 Å². The first kappa shape index (κ1) is 59.3. The molecule has 0 unspecified atom stereocenters. The summed E-state index contributed by atoms with van der Waals surface area (Å²) in [5.74, 6) is 0. The zero-order valence-corrected chi connectivity index (χ0v) is 57.0. The van der Waals surface area contributed by atoms with Gasteiger partial charge in [-0.1, -0.05) is 302 Å². The van der Waals surface area contributed by atoms with Gasteiger partial charge in [-0.3, -0.25) is 0 Å². The molecule has 3 nitrogen and oxygen atoms in total. The van der Waals surface area contributed by atoms with E-state index in [1.165, 1.54) is 81.7 Å². The molecule has 0 atom stereocenters. The normalized spacial score (nSPS) is 12.8. The van der Waals surface area contributed by atoms with Gasteiger partial charge in [0.2, 0.25) is 0 Å². The van der Waals surface area contributed by atoms with Gasteiger partial charge in [0.1, 0.15) is 5.58 Å². The smallest absolute Gasteiger partial charge is 0.252 e. The number of hydrogen-bond acceptors (Lipinski definition) is 3. The minimum atomic E-state index is -0.346. The standard InChI is InChI=1S/C96H71BN2O/c1-95(2,3)68-55-79(60-29-11-7-12-30-60)91(80(56-68)61-31-13-8-14-32-61)98-86-49-47-66(77-51-64-37-19-21-39-70(64)72-41-23-25-43-74(72)77)53-84(86)97-85-54-67(78-52-65-38-20-22-40-71(65)73-42-24-26-44-75(73)78)48-50-87(85)99(93-90(97)88(98)59-83-76-45-27-28-46-89(76)100-94(83)93)92-81(62-33-15-9-16-34-62)57-69(96(4,5)6)58-82(92)63-35-17-10-18-36-63/h7-59H,1-6H3. The Morgan fingerprint density at radius 2 is 0.620 bits per heavy atom. The maximum Gasteiger partial charge on any atom is 0.252 e. The van der Waals surface area contributed by atoms with Crippen molar-refractivity contribution < 1.29 is 4.42 Å². The molecule has 2 aliphatic heterocycles. The molecule has 0 bridgehead atoms. The predicted octanol–water partition coefficient (Wildman–Crippen LogP) is 24.9. The fraction of sp³-hybridized carbons (Fsp3) is 0.0833. The molecule has 16 aromatic carbocycles. The van der Waals surface area contributed by atoms with Crippen LogP contribution in [0, 0.1) is 0 Å². The summed E-state index contributed by atoms with van der Waals surface area (Å²) in [6.45, 7) is 13.7. The number of furan rings is 1. The van der Waals surface area contributed by atoms with Crippen LogP contribution >= 0.6 is 0 Å². The summed E-state index contributed by atoms with van der Waals surface area (Å²) in [4.78, 5) is 5.35. The first-order chi connectivity index (χ1) is 48.9. The van der Waals surface area contributed by atoms with E-state index in [1.807, 2.05) is 0 Å². The molecule has 0 saturated heterocycles. The van der Waals surface area contributed by atoms with Crippen LogP contribution in [0.4, 0.5) is 34.1 Å². The maximum absolute atomic E-state index is 7.73. The molecule has 17 aromatic rings. The second-order valence-electron chi connectivity index (χ2n) is 29.5. The van der Waals surface area contributed by atoms with Crippen molar-refractivity contribution in [1.82, 2.24) is 0 Å². The van der Waals surface area contributed by atoms with Crippen molar-refractivity contribution in [1.29, 1.82) is 0 Å². The first-order valence-corrected chi connectivity index (χ1v) is 35.2. The summed E-state index contributed by atoms with van der Waals surface area (Å²) in [7, 11) is 0. The Hall–Kier alpha value is -12.0. The van der Waals surface area contributed by atoms with Crippen molar-refractivity contribution in [2.75, 3.05) is 9.80 Å². The van der Waals surface area contributed by atoms with Crippen molar-refractivity contribution in [2.45, 2.75) is 52.4 Å². The Kier molecular flexibility index (Phi) is 13.5. The highest BCUT2D eigenvalue weighted by atomic mass is 16.3. The monoisotopic (exact) mass is 1280 g/mol. The van der Waals surface area contributed by atoms with Gasteiger partial charge in [0, 0.05) is 50.1 Å². The van der Waals surface area contributed by atoms with Crippen molar-refractivity contribution in [3.63, 3.8) is 0 Å². The summed E-state index contributed by atoms with van der Waals surface area (Å²) >= 11 is 0. The van der Waals surface area contributed by atoms with Crippen LogP contribution in [0.15, 0.2) is 326 Å². The fourth-order valence-corrected chi connectivity index (χ4v) is 16.6. The highest BCUT2D eigenvalue weighted by molar-refractivity contribution is 7.00. The molecule has 2 aliphatic rings. The molecule has 19 rings (SSSR count). The Morgan fingerprint density at radius 3 is 1.05 bits per heavy atom. The highest BCUT2D eigenvalue weighted by Gasteiger charge is 2.47. The summed E-state index contributed by atoms with van der Waals surface area (Å²) < 4.78 is 7.73. The molecule has 4 heteroatoms. The average Bonchev–Trinajstić information content (AvgIpc) is 1.10. The number of para-hydroxylation sites is 1. The lowest BCUT2D eigenvalue weighted by Gasteiger charge is -2.46. The Morgan fingerprint density at radius 1 is 0.260 bits per heavy atom. The van der Waals surface area contributed by atoms with Gasteiger partial charge in [0.05, 0.1) is 17.1 Å². The van der Waals surface area contributed by atoms with Crippen LogP contribution in [-0.4, -0.2) is 6.71 Å². The van der Waals surface area contributed by atoms with Gasteiger partial charge < -0.3 is 14.2 Å². The van der Waals surface area contributed by atoms with E-state index in [0.717, 1.165) is 112 Å². The molecule has 0 radical (unpaired) electrons. The molecule has 0 aliphatic carbocycles. The van der Waals surface area contributed by atoms with E-state index in [9.17, 15) is 0 Å². The Labute approximate surface area is 584 Å². The summed E-state index contributed by atoms with van der Waals surface area (Å²) in [6.07, 6.45) is 0. The molecule has 0 N–H and O–H groups in total. The van der Waals surface area contributed by atoms with Crippen LogP contribution in [0.3, 0.4) is 0 Å². The molecule has 0 fully saturated rings. The molecule has 100 heavy (non-hydrogen) atoms. The fourth-order valence-electron chi connectivity index (χ4n) is 16.6. The second kappa shape index (κ2) is 22.8. The van der Waals surface area contributed by atoms with E-state index in [4.69, 9.17) is 4.42 Å². The number of rotatable bonds is 8. The van der Waals surface area contributed by atoms with Crippen molar-refractivity contribution in [3.8, 4) is 66.8 Å². The molecule has 0 saturated carbocycles. The van der Waals surface area contributed by atoms with Crippen LogP contribution in [-0.2, 0) is 10.8 Å². The van der Waals surface area contributed by atoms with Crippen LogP contribution < -0.4 is 26.2 Å². The Bertz CT molecular complexity index is 5920. The van der Waals surface area contributed by atoms with E-state index in [-0.39, 0.29) is 17.5 Å². The largest absolute Gasteiger partial charge is 0.454 e. The predicted molar refractivity (Wildman–Crippen MR) is 428 cm³/mol.